The van der Waals surface area contributed by atoms with Crippen LogP contribution in [-0.2, 0) is 10.0 Å². The van der Waals surface area contributed by atoms with Gasteiger partial charge in [-0.25, -0.2) is 17.9 Å². The molecule has 0 fully saturated rings. The van der Waals surface area contributed by atoms with Gasteiger partial charge >= 0.3 is 6.03 Å². The molecule has 1 aliphatic heterocycles. The number of benzene rings is 1. The molecule has 0 saturated heterocycles. The molecule has 1 aliphatic rings. The van der Waals surface area contributed by atoms with Crippen molar-refractivity contribution in [3.8, 4) is 5.75 Å². The summed E-state index contributed by atoms with van der Waals surface area (Å²) in [4.78, 5) is 15.5. The van der Waals surface area contributed by atoms with E-state index in [0.29, 0.717) is 17.9 Å². The smallest absolute Gasteiger partial charge is 0.332 e. The largest absolute Gasteiger partial charge is 0.489 e. The number of hydrogen-bond donors (Lipinski definition) is 2. The minimum atomic E-state index is -3.73. The second-order valence-corrected chi connectivity index (χ2v) is 15.8. The summed E-state index contributed by atoms with van der Waals surface area (Å²) in [6.45, 7) is 16.2. The third-order valence-corrected chi connectivity index (χ3v) is 10.2. The summed E-state index contributed by atoms with van der Waals surface area (Å²) in [5, 5.41) is 2.82. The van der Waals surface area contributed by atoms with Gasteiger partial charge in [-0.2, -0.15) is 0 Å². The zero-order valence-electron chi connectivity index (χ0n) is 29.2. The topological polar surface area (TPSA) is 87.7 Å². The number of anilines is 2. The number of nitrogens with one attached hydrogen (secondary N) is 2. The Labute approximate surface area is 270 Å². The highest BCUT2D eigenvalue weighted by Crippen LogP contribution is 2.47. The number of nitrogens with zero attached hydrogens (tertiary/aromatic N) is 1. The van der Waals surface area contributed by atoms with Gasteiger partial charge in [-0.3, -0.25) is 0 Å². The van der Waals surface area contributed by atoms with Gasteiger partial charge < -0.3 is 15.0 Å². The first kappa shape index (κ1) is 38.2. The first-order valence-corrected chi connectivity index (χ1v) is 19.5. The number of carbonyl (C=O) groups is 1. The Morgan fingerprint density at radius 3 is 1.95 bits per heavy atom. The highest BCUT2D eigenvalue weighted by Gasteiger charge is 2.37. The van der Waals surface area contributed by atoms with E-state index < -0.39 is 16.1 Å². The SMILES string of the molecule is CCCCCCCCCCCCS(=O)(=O)NC(=O)Nc1cc2c(cc1OC(C)C)N(CCCCCCCC)C(C)(C)CC2C. The van der Waals surface area contributed by atoms with E-state index in [0.717, 1.165) is 49.9 Å². The maximum Gasteiger partial charge on any atom is 0.332 e. The summed E-state index contributed by atoms with van der Waals surface area (Å²) >= 11 is 0. The quantitative estimate of drug-likeness (QED) is 0.124. The van der Waals surface area contributed by atoms with Gasteiger partial charge in [0.15, 0.2) is 0 Å². The molecule has 0 spiro atoms. The second kappa shape index (κ2) is 19.5. The van der Waals surface area contributed by atoms with E-state index in [9.17, 15) is 13.2 Å². The maximum atomic E-state index is 12.9. The van der Waals surface area contributed by atoms with Crippen molar-refractivity contribution in [2.24, 2.45) is 0 Å². The molecule has 1 atom stereocenters. The fourth-order valence-corrected chi connectivity index (χ4v) is 7.57. The lowest BCUT2D eigenvalue weighted by Crippen LogP contribution is -2.48. The highest BCUT2D eigenvalue weighted by atomic mass is 32.2. The summed E-state index contributed by atoms with van der Waals surface area (Å²) in [7, 11) is -3.73. The second-order valence-electron chi connectivity index (χ2n) is 14.0. The van der Waals surface area contributed by atoms with Crippen LogP contribution in [0.2, 0.25) is 0 Å². The molecule has 2 amide bonds. The van der Waals surface area contributed by atoms with Gasteiger partial charge in [-0.05, 0) is 64.5 Å². The van der Waals surface area contributed by atoms with E-state index in [1.165, 1.54) is 70.6 Å². The number of carbonyl (C=O) groups excluding carboxylic acids is 1. The Morgan fingerprint density at radius 2 is 1.41 bits per heavy atom. The van der Waals surface area contributed by atoms with E-state index in [2.05, 4.69) is 55.6 Å². The van der Waals surface area contributed by atoms with Crippen molar-refractivity contribution in [3.63, 3.8) is 0 Å². The van der Waals surface area contributed by atoms with Crippen LogP contribution in [-0.4, -0.2) is 38.4 Å². The minimum Gasteiger partial charge on any atom is -0.489 e. The molecular formula is C36H65N3O4S. The lowest BCUT2D eigenvalue weighted by atomic mass is 9.79. The molecule has 0 saturated carbocycles. The molecule has 2 N–H and O–H groups in total. The van der Waals surface area contributed by atoms with Crippen molar-refractivity contribution >= 4 is 27.4 Å². The van der Waals surface area contributed by atoms with Gasteiger partial charge in [0.1, 0.15) is 5.75 Å². The monoisotopic (exact) mass is 635 g/mol. The summed E-state index contributed by atoms with van der Waals surface area (Å²) in [5.41, 5.74) is 2.82. The van der Waals surface area contributed by atoms with Crippen LogP contribution in [0.25, 0.3) is 0 Å². The molecule has 7 nitrogen and oxygen atoms in total. The molecule has 0 radical (unpaired) electrons. The first-order valence-electron chi connectivity index (χ1n) is 17.8. The zero-order valence-corrected chi connectivity index (χ0v) is 30.0. The van der Waals surface area contributed by atoms with Gasteiger partial charge in [0.05, 0.1) is 17.5 Å². The number of urea groups is 1. The van der Waals surface area contributed by atoms with Gasteiger partial charge in [0, 0.05) is 23.8 Å². The fraction of sp³-hybridized carbons (Fsp3) is 0.806. The molecule has 0 bridgehead atoms. The van der Waals surface area contributed by atoms with Crippen molar-refractivity contribution < 1.29 is 17.9 Å². The third kappa shape index (κ3) is 13.6. The lowest BCUT2D eigenvalue weighted by Gasteiger charge is -2.48. The van der Waals surface area contributed by atoms with Crippen molar-refractivity contribution in [1.82, 2.24) is 4.72 Å². The number of rotatable bonds is 22. The summed E-state index contributed by atoms with van der Waals surface area (Å²) in [5.74, 6) is 0.812. The fourth-order valence-electron chi connectivity index (χ4n) is 6.55. The summed E-state index contributed by atoms with van der Waals surface area (Å²) in [6.07, 6.45) is 19.6. The van der Waals surface area contributed by atoms with E-state index >= 15 is 0 Å². The Balaban J connectivity index is 2.03. The lowest BCUT2D eigenvalue weighted by molar-refractivity contribution is 0.242. The summed E-state index contributed by atoms with van der Waals surface area (Å²) < 4.78 is 33.8. The molecular weight excluding hydrogens is 570 g/mol. The van der Waals surface area contributed by atoms with Crippen molar-refractivity contribution in [2.45, 2.75) is 175 Å². The zero-order chi connectivity index (χ0) is 32.6. The van der Waals surface area contributed by atoms with E-state index in [1.54, 1.807) is 0 Å². The Bertz CT molecular complexity index is 1090. The molecule has 8 heteroatoms. The van der Waals surface area contributed by atoms with Gasteiger partial charge in [-0.15, -0.1) is 0 Å². The highest BCUT2D eigenvalue weighted by molar-refractivity contribution is 7.90. The van der Waals surface area contributed by atoms with Gasteiger partial charge in [-0.1, -0.05) is 111 Å². The molecule has 1 aromatic rings. The van der Waals surface area contributed by atoms with E-state index in [-0.39, 0.29) is 23.3 Å². The predicted octanol–water partition coefficient (Wildman–Crippen LogP) is 10.3. The van der Waals surface area contributed by atoms with Crippen LogP contribution in [0.4, 0.5) is 16.2 Å². The van der Waals surface area contributed by atoms with Crippen LogP contribution in [0.5, 0.6) is 5.75 Å². The normalized spacial score (nSPS) is 16.2. The molecule has 1 heterocycles. The number of fused-ring (bicyclic) bond motifs is 1. The number of unbranched alkanes of at least 4 members (excludes halogenated alkanes) is 14. The van der Waals surface area contributed by atoms with Crippen molar-refractivity contribution in [1.29, 1.82) is 0 Å². The first-order chi connectivity index (χ1) is 20.9. The van der Waals surface area contributed by atoms with Crippen LogP contribution >= 0.6 is 0 Å². The molecule has 254 valence electrons. The molecule has 1 unspecified atom stereocenters. The van der Waals surface area contributed by atoms with Crippen LogP contribution in [0.1, 0.15) is 169 Å². The Hall–Kier alpha value is -1.96. The average molecular weight is 636 g/mol. The number of ether oxygens (including phenoxy) is 1. The van der Waals surface area contributed by atoms with Crippen LogP contribution in [0.3, 0.4) is 0 Å². The molecule has 0 aliphatic carbocycles. The third-order valence-electron chi connectivity index (χ3n) is 8.85. The molecule has 0 aromatic heterocycles. The van der Waals surface area contributed by atoms with Crippen molar-refractivity contribution in [3.05, 3.63) is 17.7 Å². The predicted molar refractivity (Wildman–Crippen MR) is 188 cm³/mol. The Kier molecular flexibility index (Phi) is 17.0. The molecule has 1 aromatic carbocycles. The molecule has 2 rings (SSSR count). The average Bonchev–Trinajstić information content (AvgIpc) is 2.93. The van der Waals surface area contributed by atoms with E-state index in [4.69, 9.17) is 4.74 Å². The maximum absolute atomic E-state index is 12.9. The summed E-state index contributed by atoms with van der Waals surface area (Å²) in [6, 6.07) is 3.31. The van der Waals surface area contributed by atoms with Crippen LogP contribution in [0.15, 0.2) is 12.1 Å². The van der Waals surface area contributed by atoms with Gasteiger partial charge in [0.25, 0.3) is 0 Å². The number of amides is 2. The molecule has 44 heavy (non-hydrogen) atoms. The van der Waals surface area contributed by atoms with Crippen LogP contribution in [0, 0.1) is 0 Å². The number of sulfonamides is 1. The minimum absolute atomic E-state index is 0.0000318. The number of hydrogen-bond acceptors (Lipinski definition) is 5. The standard InChI is InChI=1S/C36H65N3O4S/c1-8-10-12-14-16-17-18-19-21-23-25-44(41,42)38-35(40)37-32-26-31-30(5)28-36(6,7)39(24-22-20-15-13-11-9-2)33(31)27-34(32)43-29(3)4/h26-27,29-30H,8-25,28H2,1-7H3,(H2,37,38,40). The van der Waals surface area contributed by atoms with Gasteiger partial charge in [0.2, 0.25) is 10.0 Å². The van der Waals surface area contributed by atoms with Crippen molar-refractivity contribution in [2.75, 3.05) is 22.5 Å². The Morgan fingerprint density at radius 1 is 0.886 bits per heavy atom. The van der Waals surface area contributed by atoms with E-state index in [1.807, 2.05) is 19.9 Å². The van der Waals surface area contributed by atoms with Crippen LogP contribution < -0.4 is 19.7 Å².